The van der Waals surface area contributed by atoms with Crippen LogP contribution in [0.15, 0.2) is 82.8 Å². The first-order valence-corrected chi connectivity index (χ1v) is 11.2. The summed E-state index contributed by atoms with van der Waals surface area (Å²) in [6.07, 6.45) is 0. The number of anilines is 2. The van der Waals surface area contributed by atoms with E-state index in [1.165, 1.54) is 0 Å². The van der Waals surface area contributed by atoms with E-state index in [9.17, 15) is 9.59 Å². The van der Waals surface area contributed by atoms with Gasteiger partial charge in [0, 0.05) is 46.7 Å². The van der Waals surface area contributed by atoms with Crippen molar-refractivity contribution in [3.63, 3.8) is 0 Å². The van der Waals surface area contributed by atoms with E-state index in [4.69, 9.17) is 0 Å². The highest BCUT2D eigenvalue weighted by Gasteiger charge is 2.14. The molecule has 0 saturated carbocycles. The number of amides is 2. The molecule has 0 aromatic heterocycles. The zero-order valence-corrected chi connectivity index (χ0v) is 18.5. The minimum atomic E-state index is -0.291. The molecule has 0 aliphatic carbocycles. The second-order valence-corrected chi connectivity index (χ2v) is 7.96. The zero-order valence-electron chi connectivity index (χ0n) is 18.5. The molecule has 2 heterocycles. The van der Waals surface area contributed by atoms with Crippen LogP contribution in [0.5, 0.6) is 0 Å². The lowest BCUT2D eigenvalue weighted by Crippen LogP contribution is -2.20. The van der Waals surface area contributed by atoms with Crippen LogP contribution in [0.3, 0.4) is 0 Å². The molecule has 0 atom stereocenters. The van der Waals surface area contributed by atoms with Crippen LogP contribution in [-0.2, 0) is 0 Å². The summed E-state index contributed by atoms with van der Waals surface area (Å²) in [5.74, 6) is 1.07. The maximum atomic E-state index is 12.9. The Bertz CT molecular complexity index is 1220. The van der Waals surface area contributed by atoms with Crippen LogP contribution in [0.25, 0.3) is 0 Å². The third-order valence-corrected chi connectivity index (χ3v) is 5.52. The van der Waals surface area contributed by atoms with Gasteiger partial charge in [0.25, 0.3) is 11.8 Å². The minimum absolute atomic E-state index is 0.291. The van der Waals surface area contributed by atoms with Crippen LogP contribution >= 0.6 is 0 Å². The quantitative estimate of drug-likeness (QED) is 0.461. The van der Waals surface area contributed by atoms with E-state index in [1.54, 1.807) is 24.3 Å². The van der Waals surface area contributed by atoms with E-state index in [0.29, 0.717) is 22.5 Å². The normalized spacial score (nSPS) is 14.5. The fourth-order valence-corrected chi connectivity index (χ4v) is 3.88. The number of nitrogens with zero attached hydrogens (tertiary/aromatic N) is 2. The Hall–Kier alpha value is -4.46. The highest BCUT2D eigenvalue weighted by molar-refractivity contribution is 6.09. The topological polar surface area (TPSA) is 107 Å². The average molecular weight is 453 g/mol. The molecular formula is C26H24N6O2. The molecule has 2 aliphatic heterocycles. The third kappa shape index (κ3) is 4.80. The van der Waals surface area contributed by atoms with Crippen molar-refractivity contribution in [2.24, 2.45) is 9.98 Å². The van der Waals surface area contributed by atoms with E-state index in [1.807, 2.05) is 48.5 Å². The first kappa shape index (κ1) is 21.4. The van der Waals surface area contributed by atoms with Crippen molar-refractivity contribution in [2.45, 2.75) is 0 Å². The van der Waals surface area contributed by atoms with Gasteiger partial charge in [-0.3, -0.25) is 19.6 Å². The standard InChI is InChI=1S/C26H24N6O2/c33-25(31-21-8-2-4-17(15-21)23-27-10-11-28-23)19-6-1-7-20(14-19)26(34)32-22-9-3-5-18(16-22)24-29-12-13-30-24/h1-9,14-16H,10-13H2,(H,27,28)(H,29,30)(H,31,33)(H,32,34). The highest BCUT2D eigenvalue weighted by Crippen LogP contribution is 2.17. The van der Waals surface area contributed by atoms with Gasteiger partial charge in [-0.2, -0.15) is 0 Å². The van der Waals surface area contributed by atoms with Crippen molar-refractivity contribution >= 4 is 34.9 Å². The molecule has 0 spiro atoms. The minimum Gasteiger partial charge on any atom is -0.368 e. The number of nitrogens with one attached hydrogen (secondary N) is 4. The van der Waals surface area contributed by atoms with Crippen molar-refractivity contribution < 1.29 is 9.59 Å². The van der Waals surface area contributed by atoms with Crippen molar-refractivity contribution in [1.82, 2.24) is 10.6 Å². The fraction of sp³-hybridized carbons (Fsp3) is 0.154. The van der Waals surface area contributed by atoms with Crippen LogP contribution in [0.4, 0.5) is 11.4 Å². The van der Waals surface area contributed by atoms with E-state index < -0.39 is 0 Å². The Morgan fingerprint density at radius 1 is 0.647 bits per heavy atom. The summed E-state index contributed by atoms with van der Waals surface area (Å²) in [5, 5.41) is 12.3. The molecule has 170 valence electrons. The smallest absolute Gasteiger partial charge is 0.255 e. The van der Waals surface area contributed by atoms with Gasteiger partial charge in [-0.05, 0) is 42.5 Å². The predicted octanol–water partition coefficient (Wildman–Crippen LogP) is 2.89. The van der Waals surface area contributed by atoms with Crippen LogP contribution in [0.1, 0.15) is 31.8 Å². The van der Waals surface area contributed by atoms with Crippen molar-refractivity contribution in [3.05, 3.63) is 95.1 Å². The summed E-state index contributed by atoms with van der Waals surface area (Å²) >= 11 is 0. The molecule has 0 bridgehead atoms. The van der Waals surface area contributed by atoms with Gasteiger partial charge in [-0.25, -0.2) is 0 Å². The molecule has 3 aromatic carbocycles. The molecule has 8 heteroatoms. The van der Waals surface area contributed by atoms with Crippen LogP contribution < -0.4 is 21.3 Å². The Morgan fingerprint density at radius 2 is 1.12 bits per heavy atom. The molecule has 0 fully saturated rings. The number of aliphatic imine (C=N–C) groups is 2. The number of rotatable bonds is 6. The predicted molar refractivity (Wildman–Crippen MR) is 134 cm³/mol. The maximum Gasteiger partial charge on any atom is 0.255 e. The molecule has 34 heavy (non-hydrogen) atoms. The van der Waals surface area contributed by atoms with Gasteiger partial charge < -0.3 is 21.3 Å². The Kier molecular flexibility index (Phi) is 6.03. The molecule has 0 saturated heterocycles. The average Bonchev–Trinajstić information content (AvgIpc) is 3.59. The first-order chi connectivity index (χ1) is 16.7. The summed E-state index contributed by atoms with van der Waals surface area (Å²) in [6, 6.07) is 21.7. The summed E-state index contributed by atoms with van der Waals surface area (Å²) in [4.78, 5) is 34.6. The van der Waals surface area contributed by atoms with Crippen LogP contribution in [0, 0.1) is 0 Å². The number of benzene rings is 3. The SMILES string of the molecule is O=C(Nc1cccc(C2=NCCN2)c1)c1cccc(C(=O)Nc2cccc(C3=NCCN3)c2)c1. The molecule has 2 amide bonds. The van der Waals surface area contributed by atoms with Gasteiger partial charge >= 0.3 is 0 Å². The molecule has 3 aromatic rings. The van der Waals surface area contributed by atoms with Gasteiger partial charge in [-0.15, -0.1) is 0 Å². The van der Waals surface area contributed by atoms with E-state index in [2.05, 4.69) is 31.3 Å². The molecule has 0 radical (unpaired) electrons. The fourth-order valence-electron chi connectivity index (χ4n) is 3.88. The van der Waals surface area contributed by atoms with Crippen LogP contribution in [-0.4, -0.2) is 49.7 Å². The number of amidine groups is 2. The third-order valence-electron chi connectivity index (χ3n) is 5.52. The number of carbonyl (C=O) groups excluding carboxylic acids is 2. The summed E-state index contributed by atoms with van der Waals surface area (Å²) < 4.78 is 0. The lowest BCUT2D eigenvalue weighted by Gasteiger charge is -2.10. The Balaban J connectivity index is 1.28. The summed E-state index contributed by atoms with van der Waals surface area (Å²) in [7, 11) is 0. The Morgan fingerprint density at radius 3 is 1.56 bits per heavy atom. The van der Waals surface area contributed by atoms with Gasteiger partial charge in [0.1, 0.15) is 11.7 Å². The molecule has 5 rings (SSSR count). The molecule has 4 N–H and O–H groups in total. The van der Waals surface area contributed by atoms with Gasteiger partial charge in [-0.1, -0.05) is 30.3 Å². The second-order valence-electron chi connectivity index (χ2n) is 7.96. The van der Waals surface area contributed by atoms with Crippen molar-refractivity contribution in [1.29, 1.82) is 0 Å². The summed E-state index contributed by atoms with van der Waals surface area (Å²) in [6.45, 7) is 3.13. The lowest BCUT2D eigenvalue weighted by molar-refractivity contribution is 0.102. The van der Waals surface area contributed by atoms with Gasteiger partial charge in [0.05, 0.1) is 13.1 Å². The number of hydrogen-bond acceptors (Lipinski definition) is 6. The van der Waals surface area contributed by atoms with Crippen molar-refractivity contribution in [2.75, 3.05) is 36.8 Å². The van der Waals surface area contributed by atoms with Gasteiger partial charge in [0.2, 0.25) is 0 Å². The monoisotopic (exact) mass is 452 g/mol. The lowest BCUT2D eigenvalue weighted by atomic mass is 10.1. The second kappa shape index (κ2) is 9.58. The van der Waals surface area contributed by atoms with E-state index >= 15 is 0 Å². The highest BCUT2D eigenvalue weighted by atomic mass is 16.2. The molecule has 0 unspecified atom stereocenters. The van der Waals surface area contributed by atoms with Crippen LogP contribution in [0.2, 0.25) is 0 Å². The zero-order chi connectivity index (χ0) is 23.3. The van der Waals surface area contributed by atoms with E-state index in [-0.39, 0.29) is 11.8 Å². The van der Waals surface area contributed by atoms with E-state index in [0.717, 1.165) is 49.0 Å². The molecule has 2 aliphatic rings. The van der Waals surface area contributed by atoms with Crippen molar-refractivity contribution in [3.8, 4) is 0 Å². The molecular weight excluding hydrogens is 428 g/mol. The van der Waals surface area contributed by atoms with Gasteiger partial charge in [0.15, 0.2) is 0 Å². The maximum absolute atomic E-state index is 12.9. The largest absolute Gasteiger partial charge is 0.368 e. The number of hydrogen-bond donors (Lipinski definition) is 4. The first-order valence-electron chi connectivity index (χ1n) is 11.2. The molecule has 8 nitrogen and oxygen atoms in total. The summed E-state index contributed by atoms with van der Waals surface area (Å²) in [5.41, 5.74) is 3.96. The Labute approximate surface area is 197 Å². The number of carbonyl (C=O) groups is 2.